The summed E-state index contributed by atoms with van der Waals surface area (Å²) in [6.07, 6.45) is -2.91. The number of alkyl halides is 2. The monoisotopic (exact) mass is 486 g/mol. The number of benzene rings is 2. The van der Waals surface area contributed by atoms with Crippen LogP contribution in [0.25, 0.3) is 11.1 Å². The number of fused-ring (bicyclic) bond motifs is 3. The highest BCUT2D eigenvalue weighted by molar-refractivity contribution is 5.79. The lowest BCUT2D eigenvalue weighted by atomic mass is 9.98. The summed E-state index contributed by atoms with van der Waals surface area (Å²) in [7, 11) is 0. The van der Waals surface area contributed by atoms with Crippen LogP contribution >= 0.6 is 0 Å². The van der Waals surface area contributed by atoms with Crippen molar-refractivity contribution in [1.29, 1.82) is 0 Å². The van der Waals surface area contributed by atoms with Crippen LogP contribution in [0.2, 0.25) is 0 Å². The van der Waals surface area contributed by atoms with Crippen LogP contribution in [0.1, 0.15) is 42.7 Å². The summed E-state index contributed by atoms with van der Waals surface area (Å²) in [5.74, 6) is -1.84. The molecule has 0 aliphatic heterocycles. The fourth-order valence-electron chi connectivity index (χ4n) is 4.71. The second kappa shape index (κ2) is 10.8. The van der Waals surface area contributed by atoms with Crippen LogP contribution in [0.3, 0.4) is 0 Å². The minimum Gasteiger partial charge on any atom is -0.481 e. The molecule has 0 bridgehead atoms. The number of hydrogen-bond acceptors (Lipinski definition) is 4. The molecule has 35 heavy (non-hydrogen) atoms. The molecule has 2 amide bonds. The average Bonchev–Trinajstić information content (AvgIpc) is 3.62. The predicted molar refractivity (Wildman–Crippen MR) is 124 cm³/mol. The van der Waals surface area contributed by atoms with Gasteiger partial charge >= 0.3 is 12.1 Å². The molecule has 2 unspecified atom stereocenters. The van der Waals surface area contributed by atoms with Gasteiger partial charge in [0, 0.05) is 12.5 Å². The molecule has 7 nitrogen and oxygen atoms in total. The van der Waals surface area contributed by atoms with Crippen LogP contribution in [0.5, 0.6) is 0 Å². The molecule has 0 heterocycles. The first-order valence-electron chi connectivity index (χ1n) is 11.7. The van der Waals surface area contributed by atoms with Crippen LogP contribution in [0.4, 0.5) is 13.6 Å². The standard InChI is InChI=1S/C26H28F2N2O5/c27-25(28)22(12-23(31)29-13-16(11-24(32)33)15-9-10-15)30-26(34)35-14-21-19-7-3-1-5-17(19)18-6-2-4-8-20(18)21/h1-8,15-16,21-22,25H,9-14H2,(H,29,31)(H,30,34)(H,32,33). The van der Waals surface area contributed by atoms with Crippen molar-refractivity contribution in [3.05, 3.63) is 59.7 Å². The number of halogens is 2. The molecule has 1 saturated carbocycles. The van der Waals surface area contributed by atoms with Gasteiger partial charge in [-0.05, 0) is 46.9 Å². The molecule has 4 rings (SSSR count). The van der Waals surface area contributed by atoms with Gasteiger partial charge in [-0.15, -0.1) is 0 Å². The summed E-state index contributed by atoms with van der Waals surface area (Å²) in [5.41, 5.74) is 4.09. The van der Waals surface area contributed by atoms with Gasteiger partial charge in [0.2, 0.25) is 5.91 Å². The lowest BCUT2D eigenvalue weighted by molar-refractivity contribution is -0.138. The van der Waals surface area contributed by atoms with Crippen molar-refractivity contribution < 1.29 is 33.0 Å². The second-order valence-electron chi connectivity index (χ2n) is 9.11. The van der Waals surface area contributed by atoms with Gasteiger partial charge < -0.3 is 20.5 Å². The topological polar surface area (TPSA) is 105 Å². The van der Waals surface area contributed by atoms with E-state index in [0.717, 1.165) is 35.1 Å². The fraction of sp³-hybridized carbons (Fsp3) is 0.423. The summed E-state index contributed by atoms with van der Waals surface area (Å²) in [6.45, 7) is 0.0803. The maximum atomic E-state index is 13.5. The number of hydrogen-bond donors (Lipinski definition) is 3. The van der Waals surface area contributed by atoms with Gasteiger partial charge in [-0.3, -0.25) is 9.59 Å². The summed E-state index contributed by atoms with van der Waals surface area (Å²) in [6, 6.07) is 13.8. The molecule has 3 N–H and O–H groups in total. The molecule has 0 spiro atoms. The number of amides is 2. The van der Waals surface area contributed by atoms with Crippen LogP contribution in [-0.2, 0) is 14.3 Å². The number of carboxylic acids is 1. The second-order valence-corrected chi connectivity index (χ2v) is 9.11. The Hall–Kier alpha value is -3.49. The summed E-state index contributed by atoms with van der Waals surface area (Å²) in [4.78, 5) is 35.6. The molecular weight excluding hydrogens is 458 g/mol. The van der Waals surface area contributed by atoms with Gasteiger partial charge in [0.1, 0.15) is 12.6 Å². The van der Waals surface area contributed by atoms with Crippen LogP contribution in [-0.4, -0.2) is 48.7 Å². The van der Waals surface area contributed by atoms with Gasteiger partial charge in [0.05, 0.1) is 12.8 Å². The van der Waals surface area contributed by atoms with Gasteiger partial charge in [0.25, 0.3) is 6.43 Å². The Kier molecular flexibility index (Phi) is 7.63. The van der Waals surface area contributed by atoms with E-state index in [0.29, 0.717) is 0 Å². The molecule has 2 atom stereocenters. The van der Waals surface area contributed by atoms with Crippen LogP contribution < -0.4 is 10.6 Å². The minimum absolute atomic E-state index is 0.0275. The van der Waals surface area contributed by atoms with Crippen molar-refractivity contribution in [2.75, 3.05) is 13.2 Å². The number of aliphatic carboxylic acids is 1. The summed E-state index contributed by atoms with van der Waals surface area (Å²) >= 11 is 0. The maximum absolute atomic E-state index is 13.5. The molecule has 9 heteroatoms. The SMILES string of the molecule is O=C(O)CC(CNC(=O)CC(NC(=O)OCC1c2ccccc2-c2ccccc21)C(F)F)C1CC1. The van der Waals surface area contributed by atoms with Crippen LogP contribution in [0.15, 0.2) is 48.5 Å². The van der Waals surface area contributed by atoms with E-state index in [-0.39, 0.29) is 37.3 Å². The third-order valence-corrected chi connectivity index (χ3v) is 6.64. The Bertz CT molecular complexity index is 1040. The number of nitrogens with one attached hydrogen (secondary N) is 2. The van der Waals surface area contributed by atoms with E-state index in [2.05, 4.69) is 10.6 Å². The van der Waals surface area contributed by atoms with E-state index in [1.165, 1.54) is 0 Å². The highest BCUT2D eigenvalue weighted by atomic mass is 19.3. The molecule has 2 aliphatic rings. The highest BCUT2D eigenvalue weighted by Gasteiger charge is 2.34. The van der Waals surface area contributed by atoms with E-state index in [4.69, 9.17) is 9.84 Å². The van der Waals surface area contributed by atoms with E-state index < -0.39 is 36.9 Å². The van der Waals surface area contributed by atoms with Crippen molar-refractivity contribution in [3.8, 4) is 11.1 Å². The van der Waals surface area contributed by atoms with E-state index in [9.17, 15) is 23.2 Å². The summed E-state index contributed by atoms with van der Waals surface area (Å²) in [5, 5.41) is 13.7. The largest absolute Gasteiger partial charge is 0.481 e. The Morgan fingerprint density at radius 3 is 2.11 bits per heavy atom. The minimum atomic E-state index is -2.97. The molecule has 2 aromatic rings. The number of carbonyl (C=O) groups excluding carboxylic acids is 2. The van der Waals surface area contributed by atoms with Crippen molar-refractivity contribution in [3.63, 3.8) is 0 Å². The first kappa shape index (κ1) is 24.6. The lowest BCUT2D eigenvalue weighted by Gasteiger charge is -2.20. The first-order valence-corrected chi connectivity index (χ1v) is 11.7. The first-order chi connectivity index (χ1) is 16.8. The normalized spacial score (nSPS) is 16.2. The molecular formula is C26H28F2N2O5. The zero-order valence-corrected chi connectivity index (χ0v) is 19.1. The molecule has 1 fully saturated rings. The number of carboxylic acid groups (broad SMARTS) is 1. The van der Waals surface area contributed by atoms with Crippen molar-refractivity contribution >= 4 is 18.0 Å². The Morgan fingerprint density at radius 1 is 0.971 bits per heavy atom. The van der Waals surface area contributed by atoms with Gasteiger partial charge in [-0.25, -0.2) is 13.6 Å². The lowest BCUT2D eigenvalue weighted by Crippen LogP contribution is -2.44. The fourth-order valence-corrected chi connectivity index (χ4v) is 4.71. The molecule has 0 aromatic heterocycles. The third kappa shape index (κ3) is 6.15. The number of carbonyl (C=O) groups is 3. The smallest absolute Gasteiger partial charge is 0.407 e. The van der Waals surface area contributed by atoms with Crippen molar-refractivity contribution in [2.24, 2.45) is 11.8 Å². The quantitative estimate of drug-likeness (QED) is 0.442. The molecule has 2 aromatic carbocycles. The van der Waals surface area contributed by atoms with E-state index >= 15 is 0 Å². The van der Waals surface area contributed by atoms with Gasteiger partial charge in [-0.1, -0.05) is 48.5 Å². The van der Waals surface area contributed by atoms with Crippen molar-refractivity contribution in [1.82, 2.24) is 10.6 Å². The van der Waals surface area contributed by atoms with Crippen molar-refractivity contribution in [2.45, 2.75) is 44.1 Å². The number of alkyl carbamates (subject to hydrolysis) is 1. The molecule has 0 saturated heterocycles. The Morgan fingerprint density at radius 2 is 1.57 bits per heavy atom. The number of rotatable bonds is 11. The molecule has 0 radical (unpaired) electrons. The molecule has 186 valence electrons. The number of ether oxygens (including phenoxy) is 1. The third-order valence-electron chi connectivity index (χ3n) is 6.64. The zero-order chi connectivity index (χ0) is 24.9. The van der Waals surface area contributed by atoms with Crippen LogP contribution in [0, 0.1) is 11.8 Å². The summed E-state index contributed by atoms with van der Waals surface area (Å²) < 4.78 is 32.4. The zero-order valence-electron chi connectivity index (χ0n) is 19.1. The van der Waals surface area contributed by atoms with Gasteiger partial charge in [-0.2, -0.15) is 0 Å². The van der Waals surface area contributed by atoms with Gasteiger partial charge in [0.15, 0.2) is 0 Å². The average molecular weight is 487 g/mol. The predicted octanol–water partition coefficient (Wildman–Crippen LogP) is 4.17. The van der Waals surface area contributed by atoms with E-state index in [1.807, 2.05) is 48.5 Å². The Labute approximate surface area is 201 Å². The maximum Gasteiger partial charge on any atom is 0.407 e. The molecule has 2 aliphatic carbocycles. The van der Waals surface area contributed by atoms with E-state index in [1.54, 1.807) is 0 Å². The Balaban J connectivity index is 1.30. The highest BCUT2D eigenvalue weighted by Crippen LogP contribution is 2.44.